The molecule has 0 bridgehead atoms. The number of benzene rings is 7. The van der Waals surface area contributed by atoms with E-state index in [9.17, 15) is 0 Å². The van der Waals surface area contributed by atoms with E-state index >= 15 is 0 Å². The molecule has 0 heterocycles. The van der Waals surface area contributed by atoms with Gasteiger partial charge in [-0.3, -0.25) is 0 Å². The topological polar surface area (TPSA) is 0 Å². The quantitative estimate of drug-likeness (QED) is 0.105. The zero-order valence-corrected chi connectivity index (χ0v) is 64.2. The predicted octanol–water partition coefficient (Wildman–Crippen LogP) is 18.5. The van der Waals surface area contributed by atoms with Crippen LogP contribution in [0, 0.1) is 0 Å². The zero-order valence-electron chi connectivity index (χ0n) is 62.2. The standard InChI is InChI=1S/C90H118Si2/c1-79(2)40-46-85(13,14)73-53-61(28-34-67(73)79)91(62-29-35-68-74(54-62)86(15,16)47-41-80(68,3)4,63-30-36-69-75(55-63)87(17,18)48-42-81(69,5)6)59-26-25-27-60(52-59)92(64-31-37-70-76(56-64)88(19,20)49-43-82(70,7)8,65-32-38-71-77(57-65)89(21,22)50-44-83(71,9)10)66-33-39-72-78(58-66)90(23,24)51-45-84(72,11)12/h25-39,52-58H,40-51H2,1-24H3. The van der Waals surface area contributed by atoms with E-state index < -0.39 is 16.1 Å². The lowest BCUT2D eigenvalue weighted by Gasteiger charge is -2.46. The van der Waals surface area contributed by atoms with Gasteiger partial charge in [0.2, 0.25) is 0 Å². The second-order valence-electron chi connectivity index (χ2n) is 39.2. The van der Waals surface area contributed by atoms with Crippen LogP contribution in [0.25, 0.3) is 0 Å². The highest BCUT2D eigenvalue weighted by atomic mass is 28.3. The maximum absolute atomic E-state index is 3.39. The lowest BCUT2D eigenvalue weighted by molar-refractivity contribution is 0.332. The molecule has 0 unspecified atom stereocenters. The van der Waals surface area contributed by atoms with Crippen LogP contribution in [-0.2, 0) is 65.0 Å². The lowest BCUT2D eigenvalue weighted by Crippen LogP contribution is -2.78. The van der Waals surface area contributed by atoms with Crippen molar-refractivity contribution in [3.8, 4) is 0 Å². The summed E-state index contributed by atoms with van der Waals surface area (Å²) in [5, 5.41) is 12.2. The van der Waals surface area contributed by atoms with Crippen LogP contribution in [0.4, 0.5) is 0 Å². The molecule has 6 aliphatic rings. The Kier molecular flexibility index (Phi) is 14.8. The van der Waals surface area contributed by atoms with E-state index in [4.69, 9.17) is 0 Å². The van der Waals surface area contributed by atoms with E-state index in [1.165, 1.54) is 152 Å². The lowest BCUT2D eigenvalue weighted by atomic mass is 9.63. The van der Waals surface area contributed by atoms with Crippen LogP contribution >= 0.6 is 0 Å². The zero-order chi connectivity index (χ0) is 66.6. The van der Waals surface area contributed by atoms with Crippen LogP contribution in [0.15, 0.2) is 133 Å². The number of hydrogen-bond donors (Lipinski definition) is 0. The molecule has 0 radical (unpaired) electrons. The second kappa shape index (κ2) is 20.7. The van der Waals surface area contributed by atoms with Crippen molar-refractivity contribution >= 4 is 57.6 Å². The summed E-state index contributed by atoms with van der Waals surface area (Å²) in [7, 11) is -6.78. The first-order chi connectivity index (χ1) is 42.4. The summed E-state index contributed by atoms with van der Waals surface area (Å²) in [5.41, 5.74) is 19.2. The Morgan fingerprint density at radius 1 is 0.163 bits per heavy atom. The molecule has 0 aromatic heterocycles. The summed E-state index contributed by atoms with van der Waals surface area (Å²) in [6.07, 6.45) is 14.2. The van der Waals surface area contributed by atoms with Crippen molar-refractivity contribution < 1.29 is 0 Å². The molecule has 7 aromatic carbocycles. The van der Waals surface area contributed by atoms with Gasteiger partial charge in [0.1, 0.15) is 0 Å². The molecule has 0 amide bonds. The molecule has 486 valence electrons. The Hall–Kier alpha value is -5.03. The van der Waals surface area contributed by atoms with E-state index in [0.717, 1.165) is 0 Å². The van der Waals surface area contributed by atoms with Gasteiger partial charge in [-0.15, -0.1) is 0 Å². The first-order valence-corrected chi connectivity index (χ1v) is 40.5. The van der Waals surface area contributed by atoms with Crippen LogP contribution in [0.2, 0.25) is 0 Å². The molecule has 0 saturated carbocycles. The summed E-state index contributed by atoms with van der Waals surface area (Å²) in [4.78, 5) is 0. The van der Waals surface area contributed by atoms with E-state index in [0.29, 0.717) is 0 Å². The maximum Gasteiger partial charge on any atom is 0.179 e. The minimum absolute atomic E-state index is 0.0209. The molecular formula is C90H118Si2. The molecule has 0 fully saturated rings. The first kappa shape index (κ1) is 65.6. The summed E-state index contributed by atoms with van der Waals surface area (Å²) in [6.45, 7) is 61.0. The van der Waals surface area contributed by atoms with Gasteiger partial charge in [-0.25, -0.2) is 0 Å². The third-order valence-electron chi connectivity index (χ3n) is 27.4. The normalized spacial score (nSPS) is 23.3. The molecule has 0 N–H and O–H groups in total. The van der Waals surface area contributed by atoms with Gasteiger partial charge >= 0.3 is 0 Å². The van der Waals surface area contributed by atoms with Gasteiger partial charge in [0.25, 0.3) is 0 Å². The fraction of sp³-hybridized carbons (Fsp3) is 0.533. The van der Waals surface area contributed by atoms with E-state index in [2.05, 4.69) is 300 Å². The third kappa shape index (κ3) is 9.98. The molecular weight excluding hydrogens is 1140 g/mol. The SMILES string of the molecule is CC1(C)CCC(C)(C)c2cc([Si](c3cccc([Si](c4ccc5c(c4)C(C)(C)CCC5(C)C)(c4ccc5c(c4)C(C)(C)CCC5(C)C)c4ccc5c(c4)C(C)(C)CCC5(C)C)c3)(c3ccc4c(c3)C(C)(C)CCC4(C)C)c3ccc4c(c3)C(C)(C)CCC4(C)C)ccc21. The van der Waals surface area contributed by atoms with Gasteiger partial charge in [-0.2, -0.15) is 0 Å². The Bertz CT molecular complexity index is 3480. The fourth-order valence-electron chi connectivity index (χ4n) is 19.9. The molecule has 2 heteroatoms. The Morgan fingerprint density at radius 2 is 0.293 bits per heavy atom. The van der Waals surface area contributed by atoms with Gasteiger partial charge in [-0.05, 0) is 250 Å². The van der Waals surface area contributed by atoms with Gasteiger partial charge in [-0.1, -0.05) is 300 Å². The number of fused-ring (bicyclic) bond motifs is 6. The van der Waals surface area contributed by atoms with E-state index in [1.807, 2.05) is 0 Å². The molecule has 0 spiro atoms. The van der Waals surface area contributed by atoms with E-state index in [1.54, 1.807) is 33.4 Å². The van der Waals surface area contributed by atoms with Crippen LogP contribution < -0.4 is 41.5 Å². The smallest absolute Gasteiger partial charge is 0.0624 e. The Balaban J connectivity index is 1.24. The van der Waals surface area contributed by atoms with Gasteiger partial charge < -0.3 is 0 Å². The minimum Gasteiger partial charge on any atom is -0.0624 e. The van der Waals surface area contributed by atoms with Crippen molar-refractivity contribution in [2.24, 2.45) is 0 Å². The van der Waals surface area contributed by atoms with Crippen molar-refractivity contribution in [2.75, 3.05) is 0 Å². The number of rotatable bonds is 8. The van der Waals surface area contributed by atoms with Crippen molar-refractivity contribution in [1.82, 2.24) is 0 Å². The Labute approximate surface area is 562 Å². The van der Waals surface area contributed by atoms with Gasteiger partial charge in [0.15, 0.2) is 16.1 Å². The van der Waals surface area contributed by atoms with Crippen molar-refractivity contribution in [3.05, 3.63) is 200 Å². The highest BCUT2D eigenvalue weighted by Crippen LogP contribution is 2.52. The molecule has 92 heavy (non-hydrogen) atoms. The molecule has 0 atom stereocenters. The Morgan fingerprint density at radius 3 is 0.446 bits per heavy atom. The second-order valence-corrected chi connectivity index (χ2v) is 46.9. The molecule has 6 aliphatic carbocycles. The predicted molar refractivity (Wildman–Crippen MR) is 405 cm³/mol. The monoisotopic (exact) mass is 1250 g/mol. The summed E-state index contributed by atoms with van der Waals surface area (Å²) < 4.78 is 0. The summed E-state index contributed by atoms with van der Waals surface area (Å²) >= 11 is 0. The van der Waals surface area contributed by atoms with Gasteiger partial charge in [0.05, 0.1) is 0 Å². The highest BCUT2D eigenvalue weighted by molar-refractivity contribution is 7.22. The summed E-state index contributed by atoms with van der Waals surface area (Å²) in [6, 6.07) is 59.9. The average molecular weight is 1260 g/mol. The minimum atomic E-state index is -3.39. The molecule has 0 aliphatic heterocycles. The van der Waals surface area contributed by atoms with Crippen molar-refractivity contribution in [3.63, 3.8) is 0 Å². The van der Waals surface area contributed by atoms with Crippen LogP contribution in [0.1, 0.15) is 310 Å². The van der Waals surface area contributed by atoms with Gasteiger partial charge in [0, 0.05) is 0 Å². The van der Waals surface area contributed by atoms with Crippen molar-refractivity contribution in [2.45, 2.75) is 308 Å². The molecule has 7 aromatic rings. The average Bonchev–Trinajstić information content (AvgIpc) is 0.701. The highest BCUT2D eigenvalue weighted by Gasteiger charge is 2.52. The number of hydrogen-bond acceptors (Lipinski definition) is 0. The summed E-state index contributed by atoms with van der Waals surface area (Å²) in [5.74, 6) is 0. The van der Waals surface area contributed by atoms with Crippen LogP contribution in [0.3, 0.4) is 0 Å². The maximum atomic E-state index is 2.92. The van der Waals surface area contributed by atoms with Crippen molar-refractivity contribution in [1.29, 1.82) is 0 Å². The largest absolute Gasteiger partial charge is 0.179 e. The van der Waals surface area contributed by atoms with Crippen LogP contribution in [-0.4, -0.2) is 16.1 Å². The molecule has 0 saturated heterocycles. The third-order valence-corrected chi connectivity index (χ3v) is 36.9. The fourth-order valence-corrected chi connectivity index (χ4v) is 29.7. The molecule has 0 nitrogen and oxygen atoms in total. The first-order valence-electron chi connectivity index (χ1n) is 36.5. The van der Waals surface area contributed by atoms with E-state index in [-0.39, 0.29) is 65.0 Å². The molecule has 13 rings (SSSR count). The van der Waals surface area contributed by atoms with Crippen LogP contribution in [0.5, 0.6) is 0 Å².